The van der Waals surface area contributed by atoms with E-state index in [0.717, 1.165) is 48.8 Å². The zero-order valence-corrected chi connectivity index (χ0v) is 14.0. The van der Waals surface area contributed by atoms with Crippen molar-refractivity contribution < 1.29 is 9.53 Å². The summed E-state index contributed by atoms with van der Waals surface area (Å²) in [6, 6.07) is 0.360. The van der Waals surface area contributed by atoms with Crippen LogP contribution in [0.3, 0.4) is 0 Å². The quantitative estimate of drug-likeness (QED) is 0.899. The summed E-state index contributed by atoms with van der Waals surface area (Å²) in [5.41, 5.74) is 2.12. The highest BCUT2D eigenvalue weighted by atomic mass is 16.5. The summed E-state index contributed by atoms with van der Waals surface area (Å²) in [6.07, 6.45) is 2.36. The second-order valence-electron chi connectivity index (χ2n) is 5.87. The maximum absolute atomic E-state index is 12.0. The van der Waals surface area contributed by atoms with Crippen molar-refractivity contribution in [3.63, 3.8) is 0 Å². The van der Waals surface area contributed by atoms with Crippen molar-refractivity contribution >= 4 is 11.7 Å². The summed E-state index contributed by atoms with van der Waals surface area (Å²) >= 11 is 0. The van der Waals surface area contributed by atoms with Crippen LogP contribution >= 0.6 is 0 Å². The molecule has 2 rings (SSSR count). The van der Waals surface area contributed by atoms with Gasteiger partial charge in [-0.3, -0.25) is 4.79 Å². The number of aryl methyl sites for hydroxylation is 2. The fourth-order valence-electron chi connectivity index (χ4n) is 2.72. The van der Waals surface area contributed by atoms with Crippen LogP contribution in [-0.2, 0) is 9.53 Å². The SMILES string of the molecule is COCCC(=O)N1CCC(Nc2nc(C)nc(C)c2C)CC1. The predicted octanol–water partition coefficient (Wildman–Crippen LogP) is 1.84. The number of carbonyl (C=O) groups excluding carboxylic acids is 1. The Hall–Kier alpha value is -1.69. The summed E-state index contributed by atoms with van der Waals surface area (Å²) in [5.74, 6) is 1.90. The minimum Gasteiger partial charge on any atom is -0.384 e. The molecule has 1 aliphatic heterocycles. The highest BCUT2D eigenvalue weighted by Gasteiger charge is 2.23. The van der Waals surface area contributed by atoms with Gasteiger partial charge >= 0.3 is 0 Å². The number of piperidine rings is 1. The number of anilines is 1. The molecule has 1 saturated heterocycles. The third-order valence-electron chi connectivity index (χ3n) is 4.21. The number of nitrogens with one attached hydrogen (secondary N) is 1. The summed E-state index contributed by atoms with van der Waals surface area (Å²) in [7, 11) is 1.62. The maximum atomic E-state index is 12.0. The van der Waals surface area contributed by atoms with E-state index in [4.69, 9.17) is 4.74 Å². The largest absolute Gasteiger partial charge is 0.384 e. The van der Waals surface area contributed by atoms with E-state index in [1.807, 2.05) is 25.7 Å². The summed E-state index contributed by atoms with van der Waals surface area (Å²) in [4.78, 5) is 22.8. The molecule has 0 radical (unpaired) electrons. The van der Waals surface area contributed by atoms with E-state index in [1.165, 1.54) is 0 Å². The molecule has 0 aromatic carbocycles. The molecule has 0 aliphatic carbocycles. The lowest BCUT2D eigenvalue weighted by atomic mass is 10.0. The van der Waals surface area contributed by atoms with Gasteiger partial charge in [-0.15, -0.1) is 0 Å². The number of carbonyl (C=O) groups is 1. The molecular weight excluding hydrogens is 280 g/mol. The van der Waals surface area contributed by atoms with Crippen molar-refractivity contribution in [2.75, 3.05) is 32.1 Å². The minimum atomic E-state index is 0.185. The summed E-state index contributed by atoms with van der Waals surface area (Å²) < 4.78 is 4.96. The van der Waals surface area contributed by atoms with Gasteiger partial charge in [-0.2, -0.15) is 0 Å². The lowest BCUT2D eigenvalue weighted by Gasteiger charge is -2.33. The van der Waals surface area contributed by atoms with E-state index < -0.39 is 0 Å². The average molecular weight is 306 g/mol. The number of methoxy groups -OCH3 is 1. The molecular formula is C16H26N4O2. The van der Waals surface area contributed by atoms with Crippen LogP contribution in [0.15, 0.2) is 0 Å². The number of hydrogen-bond donors (Lipinski definition) is 1. The van der Waals surface area contributed by atoms with Gasteiger partial charge in [0, 0.05) is 37.5 Å². The van der Waals surface area contributed by atoms with Crippen molar-refractivity contribution in [1.82, 2.24) is 14.9 Å². The molecule has 2 heterocycles. The molecule has 0 spiro atoms. The third-order valence-corrected chi connectivity index (χ3v) is 4.21. The molecule has 1 aromatic heterocycles. The molecule has 0 saturated carbocycles. The molecule has 122 valence electrons. The Labute approximate surface area is 132 Å². The Morgan fingerprint density at radius 3 is 2.59 bits per heavy atom. The first-order valence-corrected chi connectivity index (χ1v) is 7.86. The maximum Gasteiger partial charge on any atom is 0.224 e. The number of nitrogens with zero attached hydrogens (tertiary/aromatic N) is 3. The van der Waals surface area contributed by atoms with Gasteiger partial charge in [0.1, 0.15) is 11.6 Å². The van der Waals surface area contributed by atoms with Crippen LogP contribution in [0, 0.1) is 20.8 Å². The number of rotatable bonds is 5. The van der Waals surface area contributed by atoms with Crippen molar-refractivity contribution in [2.24, 2.45) is 0 Å². The summed E-state index contributed by atoms with van der Waals surface area (Å²) in [6.45, 7) is 8.04. The topological polar surface area (TPSA) is 67.3 Å². The molecule has 1 amide bonds. The van der Waals surface area contributed by atoms with Gasteiger partial charge in [0.2, 0.25) is 5.91 Å². The fourth-order valence-corrected chi connectivity index (χ4v) is 2.72. The highest BCUT2D eigenvalue weighted by molar-refractivity contribution is 5.76. The molecule has 6 nitrogen and oxygen atoms in total. The van der Waals surface area contributed by atoms with Gasteiger partial charge in [0.25, 0.3) is 0 Å². The monoisotopic (exact) mass is 306 g/mol. The van der Waals surface area contributed by atoms with Crippen LogP contribution in [0.5, 0.6) is 0 Å². The van der Waals surface area contributed by atoms with E-state index in [1.54, 1.807) is 7.11 Å². The molecule has 0 bridgehead atoms. The first-order chi connectivity index (χ1) is 10.5. The van der Waals surface area contributed by atoms with Gasteiger partial charge in [-0.05, 0) is 33.6 Å². The van der Waals surface area contributed by atoms with Crippen LogP contribution in [-0.4, -0.2) is 53.6 Å². The number of likely N-dealkylation sites (tertiary alicyclic amines) is 1. The second kappa shape index (κ2) is 7.54. The lowest BCUT2D eigenvalue weighted by molar-refractivity contribution is -0.133. The van der Waals surface area contributed by atoms with Crippen LogP contribution < -0.4 is 5.32 Å². The van der Waals surface area contributed by atoms with Gasteiger partial charge < -0.3 is 15.0 Å². The Balaban J connectivity index is 1.89. The smallest absolute Gasteiger partial charge is 0.224 e. The normalized spacial score (nSPS) is 15.9. The second-order valence-corrected chi connectivity index (χ2v) is 5.87. The van der Waals surface area contributed by atoms with E-state index in [0.29, 0.717) is 19.1 Å². The van der Waals surface area contributed by atoms with Crippen LogP contribution in [0.2, 0.25) is 0 Å². The van der Waals surface area contributed by atoms with Crippen molar-refractivity contribution in [3.8, 4) is 0 Å². The van der Waals surface area contributed by atoms with Crippen LogP contribution in [0.4, 0.5) is 5.82 Å². The first-order valence-electron chi connectivity index (χ1n) is 7.86. The number of amides is 1. The Kier molecular flexibility index (Phi) is 5.71. The van der Waals surface area contributed by atoms with Crippen molar-refractivity contribution in [3.05, 3.63) is 17.1 Å². The molecule has 1 N–H and O–H groups in total. The Bertz CT molecular complexity index is 525. The number of hydrogen-bond acceptors (Lipinski definition) is 5. The van der Waals surface area contributed by atoms with Gasteiger partial charge in [0.05, 0.1) is 13.0 Å². The molecule has 22 heavy (non-hydrogen) atoms. The van der Waals surface area contributed by atoms with E-state index in [-0.39, 0.29) is 5.91 Å². The van der Waals surface area contributed by atoms with Gasteiger partial charge in [0.15, 0.2) is 0 Å². The fraction of sp³-hybridized carbons (Fsp3) is 0.688. The summed E-state index contributed by atoms with van der Waals surface area (Å²) in [5, 5.41) is 3.52. The number of ether oxygens (including phenoxy) is 1. The number of aromatic nitrogens is 2. The predicted molar refractivity (Wildman–Crippen MR) is 86.0 cm³/mol. The molecule has 1 fully saturated rings. The van der Waals surface area contributed by atoms with Crippen molar-refractivity contribution in [2.45, 2.75) is 46.1 Å². The molecule has 0 unspecified atom stereocenters. The Morgan fingerprint density at radius 1 is 1.27 bits per heavy atom. The van der Waals surface area contributed by atoms with Crippen molar-refractivity contribution in [1.29, 1.82) is 0 Å². The van der Waals surface area contributed by atoms with Gasteiger partial charge in [-0.25, -0.2) is 9.97 Å². The zero-order chi connectivity index (χ0) is 16.1. The van der Waals surface area contributed by atoms with Crippen LogP contribution in [0.25, 0.3) is 0 Å². The molecule has 1 aliphatic rings. The third kappa shape index (κ3) is 4.16. The first kappa shape index (κ1) is 16.7. The Morgan fingerprint density at radius 2 is 1.95 bits per heavy atom. The lowest BCUT2D eigenvalue weighted by Crippen LogP contribution is -2.42. The van der Waals surface area contributed by atoms with E-state index in [9.17, 15) is 4.79 Å². The molecule has 6 heteroatoms. The standard InChI is InChI=1S/C16H26N4O2/c1-11-12(2)17-13(3)18-16(11)19-14-5-8-20(9-6-14)15(21)7-10-22-4/h14H,5-10H2,1-4H3,(H,17,18,19). The molecule has 0 atom stereocenters. The molecule has 1 aromatic rings. The van der Waals surface area contributed by atoms with E-state index in [2.05, 4.69) is 15.3 Å². The zero-order valence-electron chi connectivity index (χ0n) is 14.0. The van der Waals surface area contributed by atoms with Crippen LogP contribution in [0.1, 0.15) is 36.3 Å². The highest BCUT2D eigenvalue weighted by Crippen LogP contribution is 2.20. The van der Waals surface area contributed by atoms with E-state index >= 15 is 0 Å². The average Bonchev–Trinajstić information content (AvgIpc) is 2.50. The van der Waals surface area contributed by atoms with Gasteiger partial charge in [-0.1, -0.05) is 0 Å². The minimum absolute atomic E-state index is 0.185.